The molecule has 1 unspecified atom stereocenters. The lowest BCUT2D eigenvalue weighted by Gasteiger charge is -2.21. The maximum absolute atomic E-state index is 5.78. The van der Waals surface area contributed by atoms with Crippen LogP contribution in [0.5, 0.6) is 5.75 Å². The molecule has 0 heterocycles. The van der Waals surface area contributed by atoms with Gasteiger partial charge in [-0.15, -0.1) is 11.8 Å². The Kier molecular flexibility index (Phi) is 6.15. The van der Waals surface area contributed by atoms with Crippen molar-refractivity contribution in [3.63, 3.8) is 0 Å². The Hall–Kier alpha value is -0.970. The van der Waals surface area contributed by atoms with Crippen molar-refractivity contribution in [1.29, 1.82) is 0 Å². The van der Waals surface area contributed by atoms with Crippen LogP contribution in [0.2, 0.25) is 0 Å². The van der Waals surface area contributed by atoms with Gasteiger partial charge in [-0.05, 0) is 56.1 Å². The Labute approximate surface area is 139 Å². The maximum atomic E-state index is 5.78. The van der Waals surface area contributed by atoms with Crippen molar-refractivity contribution in [2.45, 2.75) is 17.9 Å². The van der Waals surface area contributed by atoms with Gasteiger partial charge in [-0.1, -0.05) is 28.1 Å². The van der Waals surface area contributed by atoms with Crippen molar-refractivity contribution in [1.82, 2.24) is 5.32 Å². The predicted octanol–water partition coefficient (Wildman–Crippen LogP) is 4.88. The number of benzene rings is 2. The summed E-state index contributed by atoms with van der Waals surface area (Å²) in [4.78, 5) is 1.27. The summed E-state index contributed by atoms with van der Waals surface area (Å²) >= 11 is 5.31. The lowest BCUT2D eigenvalue weighted by atomic mass is 9.98. The summed E-state index contributed by atoms with van der Waals surface area (Å²) in [7, 11) is 1.98. The van der Waals surface area contributed by atoms with Crippen molar-refractivity contribution in [2.24, 2.45) is 0 Å². The Balaban J connectivity index is 2.41. The van der Waals surface area contributed by atoms with Gasteiger partial charge in [0.05, 0.1) is 12.6 Å². The first-order chi connectivity index (χ1) is 10.2. The van der Waals surface area contributed by atoms with Crippen LogP contribution in [-0.2, 0) is 0 Å². The van der Waals surface area contributed by atoms with Gasteiger partial charge in [-0.2, -0.15) is 0 Å². The van der Waals surface area contributed by atoms with Gasteiger partial charge in [0, 0.05) is 14.9 Å². The highest BCUT2D eigenvalue weighted by Crippen LogP contribution is 2.33. The predicted molar refractivity (Wildman–Crippen MR) is 94.4 cm³/mol. The molecule has 0 bridgehead atoms. The van der Waals surface area contributed by atoms with E-state index < -0.39 is 0 Å². The van der Waals surface area contributed by atoms with Crippen LogP contribution in [0.3, 0.4) is 0 Å². The summed E-state index contributed by atoms with van der Waals surface area (Å²) in [5, 5.41) is 3.39. The van der Waals surface area contributed by atoms with Crippen LogP contribution in [0.1, 0.15) is 24.1 Å². The third kappa shape index (κ3) is 4.02. The van der Waals surface area contributed by atoms with Gasteiger partial charge in [-0.3, -0.25) is 0 Å². The lowest BCUT2D eigenvalue weighted by molar-refractivity contribution is 0.334. The molecule has 1 N–H and O–H groups in total. The van der Waals surface area contributed by atoms with Gasteiger partial charge in [0.2, 0.25) is 0 Å². The molecule has 0 saturated carbocycles. The molecule has 2 rings (SSSR count). The van der Waals surface area contributed by atoms with E-state index in [4.69, 9.17) is 4.74 Å². The standard InChI is InChI=1S/C17H20BrNOS/c1-4-20-16-10-7-13(18)11-15(16)17(19-2)12-5-8-14(21-3)9-6-12/h5-11,17,19H,4H2,1-3H3. The smallest absolute Gasteiger partial charge is 0.124 e. The minimum absolute atomic E-state index is 0.111. The number of hydrogen-bond donors (Lipinski definition) is 1. The van der Waals surface area contributed by atoms with Crippen LogP contribution in [0, 0.1) is 0 Å². The molecular formula is C17H20BrNOS. The highest BCUT2D eigenvalue weighted by Gasteiger charge is 2.17. The van der Waals surface area contributed by atoms with Crippen molar-refractivity contribution in [3.05, 3.63) is 58.1 Å². The molecule has 4 heteroatoms. The van der Waals surface area contributed by atoms with E-state index in [1.165, 1.54) is 10.5 Å². The highest BCUT2D eigenvalue weighted by molar-refractivity contribution is 9.10. The summed E-state index contributed by atoms with van der Waals surface area (Å²) in [5.41, 5.74) is 2.37. The van der Waals surface area contributed by atoms with Gasteiger partial charge in [0.25, 0.3) is 0 Å². The average Bonchev–Trinajstić information content (AvgIpc) is 2.51. The zero-order valence-electron chi connectivity index (χ0n) is 12.5. The number of halogens is 1. The lowest BCUT2D eigenvalue weighted by Crippen LogP contribution is -2.18. The number of nitrogens with one attached hydrogen (secondary N) is 1. The second-order valence-corrected chi connectivity index (χ2v) is 6.41. The summed E-state index contributed by atoms with van der Waals surface area (Å²) in [5.74, 6) is 0.925. The van der Waals surface area contributed by atoms with E-state index >= 15 is 0 Å². The molecule has 1 atom stereocenters. The third-order valence-electron chi connectivity index (χ3n) is 3.32. The van der Waals surface area contributed by atoms with Gasteiger partial charge in [-0.25, -0.2) is 0 Å². The molecule has 2 nitrogen and oxygen atoms in total. The third-order valence-corrected chi connectivity index (χ3v) is 4.56. The number of thioether (sulfide) groups is 1. The van der Waals surface area contributed by atoms with E-state index in [1.54, 1.807) is 11.8 Å². The molecule has 0 aliphatic heterocycles. The summed E-state index contributed by atoms with van der Waals surface area (Å²) in [6, 6.07) is 14.9. The van der Waals surface area contributed by atoms with E-state index in [0.29, 0.717) is 6.61 Å². The van der Waals surface area contributed by atoms with Crippen LogP contribution < -0.4 is 10.1 Å². The summed E-state index contributed by atoms with van der Waals surface area (Å²) in [6.45, 7) is 2.67. The number of rotatable bonds is 6. The fourth-order valence-corrected chi connectivity index (χ4v) is 3.12. The first kappa shape index (κ1) is 16.4. The minimum atomic E-state index is 0.111. The second kappa shape index (κ2) is 7.87. The zero-order chi connectivity index (χ0) is 15.2. The Morgan fingerprint density at radius 1 is 1.19 bits per heavy atom. The highest BCUT2D eigenvalue weighted by atomic mass is 79.9. The molecule has 0 spiro atoms. The Morgan fingerprint density at radius 2 is 1.90 bits per heavy atom. The average molecular weight is 366 g/mol. The minimum Gasteiger partial charge on any atom is -0.494 e. The molecule has 0 aromatic heterocycles. The van der Waals surface area contributed by atoms with Crippen molar-refractivity contribution < 1.29 is 4.74 Å². The van der Waals surface area contributed by atoms with Crippen molar-refractivity contribution >= 4 is 27.7 Å². The van der Waals surface area contributed by atoms with E-state index in [0.717, 1.165) is 15.8 Å². The summed E-state index contributed by atoms with van der Waals surface area (Å²) in [6.07, 6.45) is 2.09. The zero-order valence-corrected chi connectivity index (χ0v) is 14.9. The molecule has 21 heavy (non-hydrogen) atoms. The van der Waals surface area contributed by atoms with Crippen molar-refractivity contribution in [3.8, 4) is 5.75 Å². The number of hydrogen-bond acceptors (Lipinski definition) is 3. The van der Waals surface area contributed by atoms with Gasteiger partial charge in [0.1, 0.15) is 5.75 Å². The van der Waals surface area contributed by atoms with Crippen molar-refractivity contribution in [2.75, 3.05) is 19.9 Å². The van der Waals surface area contributed by atoms with E-state index in [9.17, 15) is 0 Å². The molecule has 2 aromatic rings. The van der Waals surface area contributed by atoms with Crippen LogP contribution in [0.15, 0.2) is 51.8 Å². The van der Waals surface area contributed by atoms with Crippen LogP contribution in [0.25, 0.3) is 0 Å². The topological polar surface area (TPSA) is 21.3 Å². The van der Waals surface area contributed by atoms with Gasteiger partial charge in [0.15, 0.2) is 0 Å². The normalized spacial score (nSPS) is 12.2. The maximum Gasteiger partial charge on any atom is 0.124 e. The molecule has 0 radical (unpaired) electrons. The Bertz CT molecular complexity index is 586. The molecule has 0 amide bonds. The second-order valence-electron chi connectivity index (χ2n) is 4.61. The van der Waals surface area contributed by atoms with E-state index in [-0.39, 0.29) is 6.04 Å². The Morgan fingerprint density at radius 3 is 2.48 bits per heavy atom. The molecule has 112 valence electrons. The van der Waals surface area contributed by atoms with Gasteiger partial charge >= 0.3 is 0 Å². The first-order valence-corrected chi connectivity index (χ1v) is 8.94. The first-order valence-electron chi connectivity index (χ1n) is 6.93. The van der Waals surface area contributed by atoms with Crippen LogP contribution in [0.4, 0.5) is 0 Å². The number of ether oxygens (including phenoxy) is 1. The van der Waals surface area contributed by atoms with E-state index in [2.05, 4.69) is 57.8 Å². The van der Waals surface area contributed by atoms with Crippen LogP contribution >= 0.6 is 27.7 Å². The largest absolute Gasteiger partial charge is 0.494 e. The fraction of sp³-hybridized carbons (Fsp3) is 0.294. The van der Waals surface area contributed by atoms with E-state index in [1.807, 2.05) is 26.1 Å². The molecular weight excluding hydrogens is 346 g/mol. The fourth-order valence-electron chi connectivity index (χ4n) is 2.33. The quantitative estimate of drug-likeness (QED) is 0.737. The van der Waals surface area contributed by atoms with Gasteiger partial charge < -0.3 is 10.1 Å². The SMILES string of the molecule is CCOc1ccc(Br)cc1C(NC)c1ccc(SC)cc1. The molecule has 0 saturated heterocycles. The molecule has 0 aliphatic carbocycles. The van der Waals surface area contributed by atoms with Crippen LogP contribution in [-0.4, -0.2) is 19.9 Å². The summed E-state index contributed by atoms with van der Waals surface area (Å²) < 4.78 is 6.83. The molecule has 0 fully saturated rings. The monoisotopic (exact) mass is 365 g/mol. The molecule has 0 aliphatic rings. The molecule has 2 aromatic carbocycles.